The molecule has 2 rings (SSSR count). The van der Waals surface area contributed by atoms with Gasteiger partial charge in [0.15, 0.2) is 0 Å². The first kappa shape index (κ1) is 13.8. The van der Waals surface area contributed by atoms with Crippen molar-refractivity contribution in [3.05, 3.63) is 54.1 Å². The first-order valence-corrected chi connectivity index (χ1v) is 6.63. The molecule has 0 amide bonds. The van der Waals surface area contributed by atoms with Crippen LogP contribution in [0.3, 0.4) is 0 Å². The summed E-state index contributed by atoms with van der Waals surface area (Å²) in [4.78, 5) is 7.46. The molecule has 3 N–H and O–H groups in total. The van der Waals surface area contributed by atoms with Crippen LogP contribution in [0.5, 0.6) is 0 Å². The third kappa shape index (κ3) is 3.43. The number of hydrogen-bond donors (Lipinski definition) is 3. The Morgan fingerprint density at radius 3 is 2.53 bits per heavy atom. The fourth-order valence-corrected chi connectivity index (χ4v) is 2.19. The average molecular weight is 259 g/mol. The van der Waals surface area contributed by atoms with Gasteiger partial charge < -0.3 is 10.1 Å². The second-order valence-electron chi connectivity index (χ2n) is 5.01. The Bertz CT molecular complexity index is 467. The Morgan fingerprint density at radius 2 is 2.00 bits per heavy atom. The number of hydrogen-bond acceptors (Lipinski definition) is 3. The van der Waals surface area contributed by atoms with E-state index in [1.165, 1.54) is 0 Å². The van der Waals surface area contributed by atoms with Gasteiger partial charge in [0, 0.05) is 12.4 Å². The Balaban J connectivity index is 2.16. The molecular formula is C15H21N3O. The summed E-state index contributed by atoms with van der Waals surface area (Å²) < 4.78 is 0. The number of H-pyrrole nitrogens is 1. The largest absolute Gasteiger partial charge is 0.394 e. The van der Waals surface area contributed by atoms with Crippen LogP contribution in [-0.2, 0) is 0 Å². The lowest BCUT2D eigenvalue weighted by Gasteiger charge is -2.26. The molecule has 0 bridgehead atoms. The highest BCUT2D eigenvalue weighted by Crippen LogP contribution is 2.23. The molecule has 1 aromatic carbocycles. The van der Waals surface area contributed by atoms with Crippen molar-refractivity contribution >= 4 is 0 Å². The minimum Gasteiger partial charge on any atom is -0.394 e. The molecule has 1 aromatic heterocycles. The van der Waals surface area contributed by atoms with Gasteiger partial charge in [-0.3, -0.25) is 5.32 Å². The van der Waals surface area contributed by atoms with E-state index in [9.17, 15) is 5.11 Å². The monoisotopic (exact) mass is 259 g/mol. The fraction of sp³-hybridized carbons (Fsp3) is 0.400. The Labute approximate surface area is 113 Å². The zero-order valence-corrected chi connectivity index (χ0v) is 11.4. The second-order valence-corrected chi connectivity index (χ2v) is 5.01. The summed E-state index contributed by atoms with van der Waals surface area (Å²) in [6, 6.07) is 9.99. The Morgan fingerprint density at radius 1 is 1.26 bits per heavy atom. The van der Waals surface area contributed by atoms with Gasteiger partial charge in [-0.1, -0.05) is 44.2 Å². The van der Waals surface area contributed by atoms with E-state index in [0.717, 1.165) is 11.4 Å². The van der Waals surface area contributed by atoms with Crippen molar-refractivity contribution in [1.29, 1.82) is 0 Å². The van der Waals surface area contributed by atoms with Gasteiger partial charge in [-0.15, -0.1) is 0 Å². The van der Waals surface area contributed by atoms with E-state index in [2.05, 4.69) is 29.1 Å². The van der Waals surface area contributed by atoms with Crippen LogP contribution in [0.25, 0.3) is 0 Å². The van der Waals surface area contributed by atoms with Gasteiger partial charge in [-0.25, -0.2) is 4.98 Å². The average Bonchev–Trinajstić information content (AvgIpc) is 2.94. The molecule has 2 atom stereocenters. The molecular weight excluding hydrogens is 238 g/mol. The topological polar surface area (TPSA) is 60.9 Å². The summed E-state index contributed by atoms with van der Waals surface area (Å²) in [5, 5.41) is 13.1. The van der Waals surface area contributed by atoms with Crippen molar-refractivity contribution in [3.63, 3.8) is 0 Å². The van der Waals surface area contributed by atoms with Gasteiger partial charge in [0.25, 0.3) is 0 Å². The summed E-state index contributed by atoms with van der Waals surface area (Å²) in [5.41, 5.74) is 1.09. The number of benzene rings is 1. The van der Waals surface area contributed by atoms with Crippen LogP contribution in [0.15, 0.2) is 42.7 Å². The molecule has 0 unspecified atom stereocenters. The van der Waals surface area contributed by atoms with Crippen molar-refractivity contribution in [3.8, 4) is 0 Å². The molecule has 0 saturated carbocycles. The third-order valence-corrected chi connectivity index (χ3v) is 3.25. The maximum absolute atomic E-state index is 9.61. The number of rotatable bonds is 6. The highest BCUT2D eigenvalue weighted by Gasteiger charge is 2.22. The molecule has 0 aliphatic carbocycles. The lowest BCUT2D eigenvalue weighted by molar-refractivity contribution is 0.219. The number of imidazole rings is 1. The first-order valence-electron chi connectivity index (χ1n) is 6.63. The molecule has 0 aliphatic heterocycles. The lowest BCUT2D eigenvalue weighted by Crippen LogP contribution is -2.32. The number of aliphatic hydroxyl groups is 1. The fourth-order valence-electron chi connectivity index (χ4n) is 2.19. The van der Waals surface area contributed by atoms with E-state index in [1.54, 1.807) is 6.20 Å². The SMILES string of the molecule is CC(C)[C@@H](N[C@@H](CO)c1ccccc1)c1ncc[nH]1. The molecule has 1 heterocycles. The van der Waals surface area contributed by atoms with Gasteiger partial charge in [0.2, 0.25) is 0 Å². The smallest absolute Gasteiger partial charge is 0.123 e. The highest BCUT2D eigenvalue weighted by atomic mass is 16.3. The molecule has 0 saturated heterocycles. The van der Waals surface area contributed by atoms with Gasteiger partial charge in [0.05, 0.1) is 18.7 Å². The van der Waals surface area contributed by atoms with E-state index in [-0.39, 0.29) is 18.7 Å². The van der Waals surface area contributed by atoms with Crippen molar-refractivity contribution in [2.45, 2.75) is 25.9 Å². The first-order chi connectivity index (χ1) is 9.22. The molecule has 19 heavy (non-hydrogen) atoms. The summed E-state index contributed by atoms with van der Waals surface area (Å²) in [7, 11) is 0. The minimum atomic E-state index is -0.0845. The summed E-state index contributed by atoms with van der Waals surface area (Å²) >= 11 is 0. The van der Waals surface area contributed by atoms with Crippen LogP contribution in [0, 0.1) is 5.92 Å². The van der Waals surface area contributed by atoms with E-state index in [0.29, 0.717) is 5.92 Å². The second kappa shape index (κ2) is 6.50. The van der Waals surface area contributed by atoms with Crippen LogP contribution in [-0.4, -0.2) is 21.7 Å². The molecule has 0 aliphatic rings. The maximum Gasteiger partial charge on any atom is 0.123 e. The van der Waals surface area contributed by atoms with Gasteiger partial charge in [0.1, 0.15) is 5.82 Å². The molecule has 4 nitrogen and oxygen atoms in total. The van der Waals surface area contributed by atoms with Crippen molar-refractivity contribution in [2.24, 2.45) is 5.92 Å². The van der Waals surface area contributed by atoms with Crippen LogP contribution in [0.1, 0.15) is 37.3 Å². The predicted octanol–water partition coefficient (Wildman–Crippen LogP) is 2.43. The number of aromatic nitrogens is 2. The van der Waals surface area contributed by atoms with Crippen LogP contribution in [0.4, 0.5) is 0 Å². The maximum atomic E-state index is 9.61. The molecule has 2 aromatic rings. The minimum absolute atomic E-state index is 0.0634. The zero-order valence-electron chi connectivity index (χ0n) is 11.4. The third-order valence-electron chi connectivity index (χ3n) is 3.25. The number of nitrogens with zero attached hydrogens (tertiary/aromatic N) is 1. The molecule has 102 valence electrons. The normalized spacial score (nSPS) is 14.5. The van der Waals surface area contributed by atoms with E-state index in [1.807, 2.05) is 36.5 Å². The van der Waals surface area contributed by atoms with Gasteiger partial charge >= 0.3 is 0 Å². The van der Waals surface area contributed by atoms with E-state index in [4.69, 9.17) is 0 Å². The summed E-state index contributed by atoms with van der Waals surface area (Å²) in [6.45, 7) is 4.34. The standard InChI is InChI=1S/C15H21N3O/c1-11(2)14(15-16-8-9-17-15)18-13(10-19)12-6-4-3-5-7-12/h3-9,11,13-14,18-19H,10H2,1-2H3,(H,16,17)/t13-,14+/m0/s1. The van der Waals surface area contributed by atoms with Crippen LogP contribution >= 0.6 is 0 Å². The molecule has 0 fully saturated rings. The number of aromatic amines is 1. The van der Waals surface area contributed by atoms with E-state index >= 15 is 0 Å². The van der Waals surface area contributed by atoms with Crippen LogP contribution < -0.4 is 5.32 Å². The van der Waals surface area contributed by atoms with Crippen molar-refractivity contribution < 1.29 is 5.11 Å². The molecule has 0 spiro atoms. The van der Waals surface area contributed by atoms with Crippen LogP contribution in [0.2, 0.25) is 0 Å². The predicted molar refractivity (Wildman–Crippen MR) is 75.6 cm³/mol. The molecule has 0 radical (unpaired) electrons. The Hall–Kier alpha value is -1.65. The lowest BCUT2D eigenvalue weighted by atomic mass is 10.00. The van der Waals surface area contributed by atoms with Gasteiger partial charge in [-0.05, 0) is 11.5 Å². The zero-order chi connectivity index (χ0) is 13.7. The van der Waals surface area contributed by atoms with E-state index < -0.39 is 0 Å². The number of aliphatic hydroxyl groups excluding tert-OH is 1. The Kier molecular flexibility index (Phi) is 4.71. The summed E-state index contributed by atoms with van der Waals surface area (Å²) in [6.07, 6.45) is 3.58. The quantitative estimate of drug-likeness (QED) is 0.746. The van der Waals surface area contributed by atoms with Crippen molar-refractivity contribution in [2.75, 3.05) is 6.61 Å². The molecule has 4 heteroatoms. The summed E-state index contributed by atoms with van der Waals surface area (Å²) in [5.74, 6) is 1.29. The van der Waals surface area contributed by atoms with Crippen molar-refractivity contribution in [1.82, 2.24) is 15.3 Å². The van der Waals surface area contributed by atoms with Gasteiger partial charge in [-0.2, -0.15) is 0 Å². The highest BCUT2D eigenvalue weighted by molar-refractivity contribution is 5.19. The number of nitrogens with one attached hydrogen (secondary N) is 2.